The summed E-state index contributed by atoms with van der Waals surface area (Å²) in [5, 5.41) is 11.7. The first-order valence-corrected chi connectivity index (χ1v) is 7.62. The van der Waals surface area contributed by atoms with Gasteiger partial charge in [-0.25, -0.2) is 4.79 Å². The summed E-state index contributed by atoms with van der Waals surface area (Å²) in [6.45, 7) is 4.69. The fraction of sp³-hybridized carbons (Fsp3) is 0.529. The number of hydrogen-bond donors (Lipinski definition) is 2. The van der Waals surface area contributed by atoms with Crippen molar-refractivity contribution in [3.8, 4) is 0 Å². The molecule has 0 saturated carbocycles. The van der Waals surface area contributed by atoms with E-state index >= 15 is 0 Å². The number of ether oxygens (including phenoxy) is 1. The maximum Gasteiger partial charge on any atom is 0.335 e. The molecule has 1 amide bonds. The number of carbonyl (C=O) groups excluding carboxylic acids is 1. The molecule has 1 saturated heterocycles. The van der Waals surface area contributed by atoms with E-state index in [2.05, 4.69) is 19.2 Å². The van der Waals surface area contributed by atoms with Crippen molar-refractivity contribution in [2.24, 2.45) is 0 Å². The minimum atomic E-state index is -0.941. The molecule has 1 atom stereocenters. The topological polar surface area (TPSA) is 75.6 Å². The van der Waals surface area contributed by atoms with Crippen LogP contribution in [-0.4, -0.2) is 35.2 Å². The van der Waals surface area contributed by atoms with Gasteiger partial charge >= 0.3 is 5.97 Å². The Bertz CT molecular complexity index is 536. The van der Waals surface area contributed by atoms with Crippen molar-refractivity contribution in [3.05, 3.63) is 35.4 Å². The molecule has 1 fully saturated rings. The van der Waals surface area contributed by atoms with Gasteiger partial charge in [0.1, 0.15) is 0 Å². The maximum absolute atomic E-state index is 11.8. The number of rotatable bonds is 6. The number of amides is 1. The van der Waals surface area contributed by atoms with Crippen LogP contribution in [0, 0.1) is 0 Å². The molecular weight excluding hydrogens is 282 g/mol. The normalized spacial score (nSPS) is 19.8. The van der Waals surface area contributed by atoms with E-state index in [9.17, 15) is 9.59 Å². The Morgan fingerprint density at radius 3 is 2.55 bits per heavy atom. The zero-order valence-electron chi connectivity index (χ0n) is 13.1. The Hall–Kier alpha value is -1.88. The predicted molar refractivity (Wildman–Crippen MR) is 82.9 cm³/mol. The van der Waals surface area contributed by atoms with E-state index in [0.29, 0.717) is 19.4 Å². The Kier molecular flexibility index (Phi) is 5.19. The lowest BCUT2D eigenvalue weighted by Gasteiger charge is -2.19. The highest BCUT2D eigenvalue weighted by Gasteiger charge is 2.31. The molecule has 0 aromatic heterocycles. The number of carbonyl (C=O) groups is 2. The number of carboxylic acids is 1. The van der Waals surface area contributed by atoms with E-state index < -0.39 is 5.97 Å². The van der Waals surface area contributed by atoms with Crippen LogP contribution in [0.15, 0.2) is 24.3 Å². The van der Waals surface area contributed by atoms with Gasteiger partial charge in [0.15, 0.2) is 0 Å². The molecule has 0 spiro atoms. The van der Waals surface area contributed by atoms with Gasteiger partial charge in [0.05, 0.1) is 17.3 Å². The van der Waals surface area contributed by atoms with Crippen molar-refractivity contribution in [2.75, 3.05) is 6.54 Å². The van der Waals surface area contributed by atoms with Crippen LogP contribution in [-0.2, 0) is 16.0 Å². The Balaban J connectivity index is 1.70. The van der Waals surface area contributed by atoms with Crippen LogP contribution in [0.4, 0.5) is 0 Å². The van der Waals surface area contributed by atoms with E-state index in [4.69, 9.17) is 9.84 Å². The summed E-state index contributed by atoms with van der Waals surface area (Å²) in [5.74, 6) is -0.945. The van der Waals surface area contributed by atoms with Crippen molar-refractivity contribution in [2.45, 2.75) is 51.2 Å². The molecule has 0 bridgehead atoms. The lowest BCUT2D eigenvalue weighted by atomic mass is 10.1. The fourth-order valence-corrected chi connectivity index (χ4v) is 2.61. The molecule has 1 aliphatic heterocycles. The molecule has 2 rings (SSSR count). The van der Waals surface area contributed by atoms with Crippen LogP contribution in [0.3, 0.4) is 0 Å². The third-order valence-corrected chi connectivity index (χ3v) is 3.92. The summed E-state index contributed by atoms with van der Waals surface area (Å²) in [6, 6.07) is 6.62. The van der Waals surface area contributed by atoms with Gasteiger partial charge in [0, 0.05) is 13.0 Å². The van der Waals surface area contributed by atoms with Gasteiger partial charge in [0.2, 0.25) is 5.91 Å². The molecule has 5 heteroatoms. The second-order valence-electron chi connectivity index (χ2n) is 6.34. The molecule has 5 nitrogen and oxygen atoms in total. The quantitative estimate of drug-likeness (QED) is 0.846. The van der Waals surface area contributed by atoms with Crippen LogP contribution < -0.4 is 5.32 Å². The first-order chi connectivity index (χ1) is 10.4. The molecule has 0 radical (unpaired) electrons. The molecule has 120 valence electrons. The average molecular weight is 305 g/mol. The molecular formula is C17H23NO4. The summed E-state index contributed by atoms with van der Waals surface area (Å²) in [6.07, 6.45) is 3.09. The number of carboxylic acid groups (broad SMARTS) is 1. The lowest BCUT2D eigenvalue weighted by Crippen LogP contribution is -2.33. The first kappa shape index (κ1) is 16.5. The van der Waals surface area contributed by atoms with Crippen molar-refractivity contribution >= 4 is 11.9 Å². The predicted octanol–water partition coefficient (Wildman–Crippen LogP) is 2.39. The average Bonchev–Trinajstić information content (AvgIpc) is 2.82. The van der Waals surface area contributed by atoms with Gasteiger partial charge in [-0.1, -0.05) is 12.1 Å². The molecule has 2 N–H and O–H groups in total. The minimum Gasteiger partial charge on any atom is -0.478 e. The Morgan fingerprint density at radius 2 is 2.00 bits per heavy atom. The molecule has 1 aliphatic rings. The van der Waals surface area contributed by atoms with E-state index in [0.717, 1.165) is 18.4 Å². The highest BCUT2D eigenvalue weighted by molar-refractivity contribution is 5.87. The van der Waals surface area contributed by atoms with Gasteiger partial charge in [-0.3, -0.25) is 4.79 Å². The summed E-state index contributed by atoms with van der Waals surface area (Å²) >= 11 is 0. The Morgan fingerprint density at radius 1 is 1.32 bits per heavy atom. The second-order valence-corrected chi connectivity index (χ2v) is 6.34. The molecule has 22 heavy (non-hydrogen) atoms. The molecule has 1 heterocycles. The number of aryl methyl sites for hydroxylation is 1. The van der Waals surface area contributed by atoms with E-state index in [-0.39, 0.29) is 23.2 Å². The van der Waals surface area contributed by atoms with E-state index in [1.54, 1.807) is 24.3 Å². The number of nitrogens with one attached hydrogen (secondary N) is 1. The smallest absolute Gasteiger partial charge is 0.335 e. The summed E-state index contributed by atoms with van der Waals surface area (Å²) in [5.41, 5.74) is 1.13. The number of aromatic carboxylic acids is 1. The SMILES string of the molecule is CC1(C)CCC(CNC(=O)CCc2ccc(C(=O)O)cc2)O1. The van der Waals surface area contributed by atoms with Gasteiger partial charge in [0.25, 0.3) is 0 Å². The van der Waals surface area contributed by atoms with Crippen molar-refractivity contribution in [3.63, 3.8) is 0 Å². The largest absolute Gasteiger partial charge is 0.478 e. The minimum absolute atomic E-state index is 0.00406. The van der Waals surface area contributed by atoms with Gasteiger partial charge in [-0.15, -0.1) is 0 Å². The maximum atomic E-state index is 11.8. The molecule has 1 aromatic carbocycles. The fourth-order valence-electron chi connectivity index (χ4n) is 2.61. The molecule has 1 unspecified atom stereocenters. The lowest BCUT2D eigenvalue weighted by molar-refractivity contribution is -0.122. The van der Waals surface area contributed by atoms with E-state index in [1.807, 2.05) is 0 Å². The van der Waals surface area contributed by atoms with Gasteiger partial charge in [-0.2, -0.15) is 0 Å². The molecule has 0 aliphatic carbocycles. The first-order valence-electron chi connectivity index (χ1n) is 7.62. The van der Waals surface area contributed by atoms with Crippen LogP contribution in [0.5, 0.6) is 0 Å². The van der Waals surface area contributed by atoms with Crippen molar-refractivity contribution in [1.82, 2.24) is 5.32 Å². The zero-order valence-corrected chi connectivity index (χ0v) is 13.1. The van der Waals surface area contributed by atoms with Crippen LogP contribution >= 0.6 is 0 Å². The monoisotopic (exact) mass is 305 g/mol. The zero-order chi connectivity index (χ0) is 16.2. The second kappa shape index (κ2) is 6.92. The van der Waals surface area contributed by atoms with Crippen LogP contribution in [0.1, 0.15) is 49.0 Å². The number of benzene rings is 1. The number of hydrogen-bond acceptors (Lipinski definition) is 3. The van der Waals surface area contributed by atoms with Crippen molar-refractivity contribution in [1.29, 1.82) is 0 Å². The molecule has 1 aromatic rings. The standard InChI is InChI=1S/C17H23NO4/c1-17(2)10-9-14(22-17)11-18-15(19)8-5-12-3-6-13(7-4-12)16(20)21/h3-4,6-7,14H,5,8-11H2,1-2H3,(H,18,19)(H,20,21). The highest BCUT2D eigenvalue weighted by atomic mass is 16.5. The Labute approximate surface area is 130 Å². The highest BCUT2D eigenvalue weighted by Crippen LogP contribution is 2.28. The third kappa shape index (κ3) is 4.84. The van der Waals surface area contributed by atoms with E-state index in [1.165, 1.54) is 0 Å². The summed E-state index contributed by atoms with van der Waals surface area (Å²) in [4.78, 5) is 22.6. The summed E-state index contributed by atoms with van der Waals surface area (Å²) < 4.78 is 5.83. The summed E-state index contributed by atoms with van der Waals surface area (Å²) in [7, 11) is 0. The van der Waals surface area contributed by atoms with Crippen molar-refractivity contribution < 1.29 is 19.4 Å². The third-order valence-electron chi connectivity index (χ3n) is 3.92. The van der Waals surface area contributed by atoms with Crippen LogP contribution in [0.2, 0.25) is 0 Å². The van der Waals surface area contributed by atoms with Crippen LogP contribution in [0.25, 0.3) is 0 Å². The van der Waals surface area contributed by atoms with Gasteiger partial charge in [-0.05, 0) is 50.8 Å². The van der Waals surface area contributed by atoms with Gasteiger partial charge < -0.3 is 15.2 Å².